The summed E-state index contributed by atoms with van der Waals surface area (Å²) < 4.78 is 27.9. The molecule has 2 heterocycles. The molecule has 0 aliphatic heterocycles. The van der Waals surface area contributed by atoms with Gasteiger partial charge in [0.25, 0.3) is 0 Å². The summed E-state index contributed by atoms with van der Waals surface area (Å²) in [6, 6.07) is 14.1. The normalized spacial score (nSPS) is 13.0. The summed E-state index contributed by atoms with van der Waals surface area (Å²) in [6.45, 7) is 0. The summed E-state index contributed by atoms with van der Waals surface area (Å²) >= 11 is 0. The summed E-state index contributed by atoms with van der Waals surface area (Å²) in [5.74, 6) is -0.878. The highest BCUT2D eigenvalue weighted by molar-refractivity contribution is 6.14. The molecule has 7 nitrogen and oxygen atoms in total. The van der Waals surface area contributed by atoms with Crippen molar-refractivity contribution in [2.24, 2.45) is 9.98 Å². The number of hydrogen-bond donors (Lipinski definition) is 0. The SMILES string of the molecule is N#C/N=c1\c2cc(F)ccc2c2cc3cc4nc5/c(=N/C#N)c6cc(F)ccc6c5nc4cc3nc12. The summed E-state index contributed by atoms with van der Waals surface area (Å²) in [4.78, 5) is 22.1. The van der Waals surface area contributed by atoms with Crippen molar-refractivity contribution < 1.29 is 8.78 Å². The van der Waals surface area contributed by atoms with Gasteiger partial charge in [0.15, 0.2) is 0 Å². The second kappa shape index (κ2) is 7.05. The van der Waals surface area contributed by atoms with Crippen LogP contribution in [0.25, 0.3) is 65.4 Å². The van der Waals surface area contributed by atoms with Gasteiger partial charge in [-0.3, -0.25) is 0 Å². The lowest BCUT2D eigenvalue weighted by atomic mass is 10.1. The van der Waals surface area contributed by atoms with Crippen molar-refractivity contribution >= 4 is 65.4 Å². The molecule has 7 aromatic rings. The first-order chi connectivity index (χ1) is 17.6. The molecule has 0 spiro atoms. The molecule has 5 aromatic carbocycles. The number of hydrogen-bond acceptors (Lipinski definition) is 7. The molecule has 0 saturated carbocycles. The Morgan fingerprint density at radius 2 is 1.14 bits per heavy atom. The fraction of sp³-hybridized carbons (Fsp3) is 0. The second-order valence-corrected chi connectivity index (χ2v) is 8.34. The Morgan fingerprint density at radius 1 is 0.556 bits per heavy atom. The summed E-state index contributed by atoms with van der Waals surface area (Å²) in [5, 5.41) is 22.8. The molecule has 0 atom stereocenters. The molecule has 0 radical (unpaired) electrons. The zero-order chi connectivity index (χ0) is 24.6. The van der Waals surface area contributed by atoms with Gasteiger partial charge in [-0.15, -0.1) is 0 Å². The zero-order valence-electron chi connectivity index (χ0n) is 18.1. The number of nitriles is 2. The highest BCUT2D eigenvalue weighted by Gasteiger charge is 2.16. The minimum absolute atomic E-state index is 0.275. The van der Waals surface area contributed by atoms with Gasteiger partial charge in [0.2, 0.25) is 12.4 Å². The molecular weight excluding hydrogens is 460 g/mol. The molecule has 0 bridgehead atoms. The molecule has 0 aliphatic rings. The standard InChI is InChI=1S/C27H9F2N7/c28-13-1-3-15-17-5-12-6-21-22(9-20(12)34-26(17)23(32-10-30)18(15)7-13)35-25-16-4-2-14(29)8-19(16)24(33-11-31)27(25)36-21/h1-9H/b32-23+,33-24+. The maximum Gasteiger partial charge on any atom is 0.206 e. The first-order valence-corrected chi connectivity index (χ1v) is 10.8. The first kappa shape index (κ1) is 20.0. The number of benzene rings is 3. The van der Waals surface area contributed by atoms with E-state index in [9.17, 15) is 19.3 Å². The minimum Gasteiger partial charge on any atom is -0.245 e. The molecule has 166 valence electrons. The lowest BCUT2D eigenvalue weighted by Gasteiger charge is -2.03. The van der Waals surface area contributed by atoms with Crippen LogP contribution in [0.4, 0.5) is 8.78 Å². The third-order valence-electron chi connectivity index (χ3n) is 6.39. The Labute approximate surface area is 199 Å². The number of nitrogens with zero attached hydrogens (tertiary/aromatic N) is 7. The van der Waals surface area contributed by atoms with Crippen LogP contribution in [-0.2, 0) is 0 Å². The van der Waals surface area contributed by atoms with E-state index in [4.69, 9.17) is 15.0 Å². The third kappa shape index (κ3) is 2.65. The van der Waals surface area contributed by atoms with E-state index in [1.165, 1.54) is 24.3 Å². The van der Waals surface area contributed by atoms with E-state index in [2.05, 4.69) is 9.98 Å². The van der Waals surface area contributed by atoms with E-state index in [1.54, 1.807) is 30.6 Å². The van der Waals surface area contributed by atoms with Crippen LogP contribution in [0.3, 0.4) is 0 Å². The average Bonchev–Trinajstić information content (AvgIpc) is 3.31. The molecule has 0 aliphatic carbocycles. The van der Waals surface area contributed by atoms with E-state index in [-0.39, 0.29) is 5.36 Å². The van der Waals surface area contributed by atoms with Gasteiger partial charge in [-0.25, -0.2) is 23.7 Å². The van der Waals surface area contributed by atoms with E-state index >= 15 is 0 Å². The van der Waals surface area contributed by atoms with Crippen LogP contribution in [-0.4, -0.2) is 15.0 Å². The molecule has 0 fully saturated rings. The largest absolute Gasteiger partial charge is 0.245 e. The Bertz CT molecular complexity index is 2150. The summed E-state index contributed by atoms with van der Waals surface area (Å²) in [5.41, 5.74) is 3.08. The number of pyridine rings is 1. The fourth-order valence-corrected chi connectivity index (χ4v) is 4.91. The number of rotatable bonds is 0. The van der Waals surface area contributed by atoms with Crippen molar-refractivity contribution in [1.82, 2.24) is 15.0 Å². The van der Waals surface area contributed by atoms with Gasteiger partial charge in [0.05, 0.1) is 27.6 Å². The van der Waals surface area contributed by atoms with E-state index in [0.717, 1.165) is 16.2 Å². The van der Waals surface area contributed by atoms with Gasteiger partial charge in [-0.2, -0.15) is 20.5 Å². The van der Waals surface area contributed by atoms with Crippen LogP contribution < -0.4 is 10.7 Å². The van der Waals surface area contributed by atoms with Gasteiger partial charge in [0.1, 0.15) is 27.9 Å². The second-order valence-electron chi connectivity index (χ2n) is 8.34. The quantitative estimate of drug-likeness (QED) is 0.236. The highest BCUT2D eigenvalue weighted by atomic mass is 19.1. The molecular formula is C27H9F2N7. The van der Waals surface area contributed by atoms with E-state index < -0.39 is 11.6 Å². The van der Waals surface area contributed by atoms with Crippen LogP contribution in [0, 0.1) is 34.5 Å². The maximum absolute atomic E-state index is 14.0. The van der Waals surface area contributed by atoms with Crippen LogP contribution in [0.2, 0.25) is 0 Å². The lowest BCUT2D eigenvalue weighted by molar-refractivity contribution is 0.629. The van der Waals surface area contributed by atoms with E-state index in [0.29, 0.717) is 54.6 Å². The Kier molecular flexibility index (Phi) is 3.92. The number of fused-ring (bicyclic) bond motifs is 8. The van der Waals surface area contributed by atoms with Crippen molar-refractivity contribution in [3.63, 3.8) is 0 Å². The predicted octanol–water partition coefficient (Wildman–Crippen LogP) is 4.71. The van der Waals surface area contributed by atoms with Gasteiger partial charge >= 0.3 is 0 Å². The molecule has 7 rings (SSSR count). The Morgan fingerprint density at radius 3 is 1.86 bits per heavy atom. The maximum atomic E-state index is 14.0. The van der Waals surface area contributed by atoms with Crippen LogP contribution in [0.15, 0.2) is 64.6 Å². The minimum atomic E-state index is -0.448. The molecule has 0 saturated heterocycles. The van der Waals surface area contributed by atoms with Crippen LogP contribution >= 0.6 is 0 Å². The lowest BCUT2D eigenvalue weighted by Crippen LogP contribution is -2.01. The fourth-order valence-electron chi connectivity index (χ4n) is 4.91. The monoisotopic (exact) mass is 469 g/mol. The molecule has 36 heavy (non-hydrogen) atoms. The average molecular weight is 469 g/mol. The van der Waals surface area contributed by atoms with Gasteiger partial charge in [0, 0.05) is 26.9 Å². The third-order valence-corrected chi connectivity index (χ3v) is 6.39. The molecule has 0 amide bonds. The van der Waals surface area contributed by atoms with Crippen molar-refractivity contribution in [1.29, 1.82) is 10.5 Å². The van der Waals surface area contributed by atoms with Gasteiger partial charge < -0.3 is 0 Å². The number of aromatic nitrogens is 3. The van der Waals surface area contributed by atoms with Crippen molar-refractivity contribution in [3.8, 4) is 12.4 Å². The smallest absolute Gasteiger partial charge is 0.206 e. The Balaban J connectivity index is 1.63. The summed E-state index contributed by atoms with van der Waals surface area (Å²) in [7, 11) is 0. The highest BCUT2D eigenvalue weighted by Crippen LogP contribution is 2.30. The zero-order valence-corrected chi connectivity index (χ0v) is 18.1. The van der Waals surface area contributed by atoms with E-state index in [1.807, 2.05) is 12.1 Å². The van der Waals surface area contributed by atoms with Crippen LogP contribution in [0.1, 0.15) is 0 Å². The molecule has 9 heteroatoms. The van der Waals surface area contributed by atoms with Crippen molar-refractivity contribution in [2.75, 3.05) is 0 Å². The predicted molar refractivity (Wildman–Crippen MR) is 130 cm³/mol. The first-order valence-electron chi connectivity index (χ1n) is 10.8. The summed E-state index contributed by atoms with van der Waals surface area (Å²) in [6.07, 6.45) is 3.56. The van der Waals surface area contributed by atoms with Crippen LogP contribution in [0.5, 0.6) is 0 Å². The van der Waals surface area contributed by atoms with Crippen molar-refractivity contribution in [3.05, 3.63) is 76.9 Å². The Hall–Kier alpha value is -5.41. The van der Waals surface area contributed by atoms with Gasteiger partial charge in [-0.1, -0.05) is 6.07 Å². The van der Waals surface area contributed by atoms with Gasteiger partial charge in [-0.05, 0) is 53.9 Å². The molecule has 0 N–H and O–H groups in total. The molecule has 0 unspecified atom stereocenters. The topological polar surface area (TPSA) is 111 Å². The molecule has 2 aromatic heterocycles. The number of halogens is 2. The van der Waals surface area contributed by atoms with Crippen molar-refractivity contribution in [2.45, 2.75) is 0 Å².